The van der Waals surface area contributed by atoms with Gasteiger partial charge in [-0.15, -0.1) is 0 Å². The van der Waals surface area contributed by atoms with Crippen molar-refractivity contribution < 1.29 is 42.9 Å². The number of carboxylic acids is 1. The SMILES string of the molecule is CC/C=C\C/C=C\C/C=C\C/C=C\C/C=C\C/C=C\C/C=C\C/C=C\C/C=C\CCCCCCCCCCCCCC(=O)OC(COC(=O)CCCCCCC/C=C\CCCCCC)COC(OCC[N+](C)(C)C)C(=O)[O-]. The second-order valence-corrected chi connectivity index (χ2v) is 21.3. The van der Waals surface area contributed by atoms with Crippen LogP contribution < -0.4 is 5.11 Å². The van der Waals surface area contributed by atoms with Crippen molar-refractivity contribution in [3.8, 4) is 0 Å². The van der Waals surface area contributed by atoms with E-state index in [4.69, 9.17) is 18.9 Å². The molecular formula is C68H113NO8. The summed E-state index contributed by atoms with van der Waals surface area (Å²) in [6.07, 6.45) is 78.3. The molecule has 2 atom stereocenters. The summed E-state index contributed by atoms with van der Waals surface area (Å²) in [5, 5.41) is 11.8. The zero-order chi connectivity index (χ0) is 56.2. The van der Waals surface area contributed by atoms with E-state index < -0.39 is 24.3 Å². The summed E-state index contributed by atoms with van der Waals surface area (Å²) < 4.78 is 22.7. The minimum Gasteiger partial charge on any atom is -0.545 e. The van der Waals surface area contributed by atoms with Gasteiger partial charge in [-0.2, -0.15) is 0 Å². The molecular weight excluding hydrogens is 959 g/mol. The van der Waals surface area contributed by atoms with Crippen LogP contribution in [0.4, 0.5) is 0 Å². The summed E-state index contributed by atoms with van der Waals surface area (Å²) in [5.41, 5.74) is 0. The first-order chi connectivity index (χ1) is 37.6. The Morgan fingerprint density at radius 3 is 1.12 bits per heavy atom. The van der Waals surface area contributed by atoms with Crippen molar-refractivity contribution in [1.29, 1.82) is 0 Å². The van der Waals surface area contributed by atoms with Gasteiger partial charge in [0.25, 0.3) is 0 Å². The van der Waals surface area contributed by atoms with Gasteiger partial charge in [-0.3, -0.25) is 9.59 Å². The zero-order valence-corrected chi connectivity index (χ0v) is 49.8. The predicted octanol–water partition coefficient (Wildman–Crippen LogP) is 17.1. The van der Waals surface area contributed by atoms with Crippen molar-refractivity contribution >= 4 is 17.9 Å². The summed E-state index contributed by atoms with van der Waals surface area (Å²) in [4.78, 5) is 37.2. The molecule has 0 spiro atoms. The van der Waals surface area contributed by atoms with Crippen molar-refractivity contribution in [2.45, 2.75) is 245 Å². The Bertz CT molecular complexity index is 1670. The van der Waals surface area contributed by atoms with Crippen LogP contribution in [0.1, 0.15) is 232 Å². The Labute approximate surface area is 472 Å². The zero-order valence-electron chi connectivity index (χ0n) is 49.8. The quantitative estimate of drug-likeness (QED) is 0.0195. The first-order valence-corrected chi connectivity index (χ1v) is 30.7. The molecule has 0 heterocycles. The Hall–Kier alpha value is -4.31. The van der Waals surface area contributed by atoms with E-state index in [0.29, 0.717) is 17.4 Å². The lowest BCUT2D eigenvalue weighted by molar-refractivity contribution is -0.870. The summed E-state index contributed by atoms with van der Waals surface area (Å²) in [6, 6.07) is 0. The number of rotatable bonds is 55. The third kappa shape index (κ3) is 59.2. The van der Waals surface area contributed by atoms with E-state index in [0.717, 1.165) is 122 Å². The van der Waals surface area contributed by atoms with Crippen LogP contribution in [0.3, 0.4) is 0 Å². The molecule has 0 aliphatic heterocycles. The number of quaternary nitrogens is 1. The minimum atomic E-state index is -1.63. The van der Waals surface area contributed by atoms with Gasteiger partial charge in [0.2, 0.25) is 0 Å². The van der Waals surface area contributed by atoms with Crippen LogP contribution in [0.25, 0.3) is 0 Å². The highest BCUT2D eigenvalue weighted by Crippen LogP contribution is 2.15. The van der Waals surface area contributed by atoms with Gasteiger partial charge in [0, 0.05) is 12.8 Å². The first kappa shape index (κ1) is 72.7. The highest BCUT2D eigenvalue weighted by molar-refractivity contribution is 5.70. The molecule has 0 bridgehead atoms. The van der Waals surface area contributed by atoms with Crippen molar-refractivity contribution in [2.75, 3.05) is 47.5 Å². The van der Waals surface area contributed by atoms with Crippen LogP contribution in [0.5, 0.6) is 0 Å². The van der Waals surface area contributed by atoms with Gasteiger partial charge in [0.15, 0.2) is 12.4 Å². The van der Waals surface area contributed by atoms with E-state index in [-0.39, 0.29) is 38.6 Å². The van der Waals surface area contributed by atoms with E-state index >= 15 is 0 Å². The highest BCUT2D eigenvalue weighted by Gasteiger charge is 2.22. The van der Waals surface area contributed by atoms with Gasteiger partial charge in [-0.05, 0) is 109 Å². The molecule has 0 aromatic heterocycles. The fraction of sp³-hybridized carbons (Fsp3) is 0.662. The van der Waals surface area contributed by atoms with Crippen molar-refractivity contribution in [2.24, 2.45) is 0 Å². The number of carbonyl (C=O) groups is 3. The van der Waals surface area contributed by atoms with Gasteiger partial charge in [0.05, 0.1) is 40.3 Å². The number of esters is 2. The Morgan fingerprint density at radius 1 is 0.403 bits per heavy atom. The molecule has 0 amide bonds. The van der Waals surface area contributed by atoms with Crippen LogP contribution >= 0.6 is 0 Å². The molecule has 0 saturated carbocycles. The minimum absolute atomic E-state index is 0.141. The summed E-state index contributed by atoms with van der Waals surface area (Å²) in [5.74, 6) is -2.31. The Morgan fingerprint density at radius 2 is 0.740 bits per heavy atom. The van der Waals surface area contributed by atoms with E-state index in [1.54, 1.807) is 0 Å². The number of nitrogens with zero attached hydrogens (tertiary/aromatic N) is 1. The van der Waals surface area contributed by atoms with Crippen LogP contribution in [0.15, 0.2) is 122 Å². The molecule has 0 aromatic rings. The number of hydrogen-bond acceptors (Lipinski definition) is 8. The maximum Gasteiger partial charge on any atom is 0.306 e. The van der Waals surface area contributed by atoms with Crippen LogP contribution in [-0.4, -0.2) is 82.3 Å². The number of unbranched alkanes of at least 4 members (excludes halogenated alkanes) is 20. The lowest BCUT2D eigenvalue weighted by Gasteiger charge is -2.26. The lowest BCUT2D eigenvalue weighted by Crippen LogP contribution is -2.44. The van der Waals surface area contributed by atoms with Crippen molar-refractivity contribution in [3.63, 3.8) is 0 Å². The molecule has 0 rings (SSSR count). The molecule has 0 aliphatic rings. The Kier molecular flexibility index (Phi) is 54.6. The number of allylic oxidation sites excluding steroid dienone is 20. The molecule has 0 radical (unpaired) electrons. The number of hydrogen-bond donors (Lipinski definition) is 0. The summed E-state index contributed by atoms with van der Waals surface area (Å²) in [6.45, 7) is 4.59. The molecule has 0 saturated heterocycles. The fourth-order valence-corrected chi connectivity index (χ4v) is 7.99. The molecule has 438 valence electrons. The standard InChI is InChI=1S/C68H113NO8/c1-6-8-10-12-14-16-18-20-21-22-23-24-25-26-27-28-29-30-31-32-33-34-35-36-37-38-39-40-41-42-43-44-45-47-49-51-53-55-57-59-66(71)77-64(63-76-68(67(72)73)74-61-60-69(3,4)5)62-75-65(70)58-56-54-52-50-48-46-19-17-15-13-11-9-7-2/h8,10,14,16-17,19-21,23-24,26-27,29-30,32-33,35-36,38-39,64,68H,6-7,9,11-13,15,18,22,25,28,31,34,37,40-63H2,1-5H3/b10-8-,16-14-,19-17-,21-20-,24-23-,27-26-,30-29-,33-32-,36-35-,39-38-. The van der Waals surface area contributed by atoms with Crippen LogP contribution in [0.2, 0.25) is 0 Å². The third-order valence-corrected chi connectivity index (χ3v) is 12.7. The maximum absolute atomic E-state index is 12.9. The molecule has 0 N–H and O–H groups in total. The predicted molar refractivity (Wildman–Crippen MR) is 324 cm³/mol. The molecule has 77 heavy (non-hydrogen) atoms. The van der Waals surface area contributed by atoms with Crippen molar-refractivity contribution in [3.05, 3.63) is 122 Å². The van der Waals surface area contributed by atoms with Gasteiger partial charge >= 0.3 is 11.9 Å². The molecule has 9 nitrogen and oxygen atoms in total. The second kappa shape index (κ2) is 57.9. The number of likely N-dealkylation sites (N-methyl/N-ethyl adjacent to an activating group) is 1. The normalized spacial score (nSPS) is 13.6. The molecule has 0 fully saturated rings. The maximum atomic E-state index is 12.9. The van der Waals surface area contributed by atoms with E-state index in [2.05, 4.69) is 135 Å². The van der Waals surface area contributed by atoms with Gasteiger partial charge in [-0.25, -0.2) is 0 Å². The second-order valence-electron chi connectivity index (χ2n) is 21.3. The van der Waals surface area contributed by atoms with Gasteiger partial charge in [-0.1, -0.05) is 232 Å². The number of carboxylic acid groups (broad SMARTS) is 1. The smallest absolute Gasteiger partial charge is 0.306 e. The third-order valence-electron chi connectivity index (χ3n) is 12.7. The molecule has 9 heteroatoms. The van der Waals surface area contributed by atoms with Gasteiger partial charge in [0.1, 0.15) is 13.2 Å². The summed E-state index contributed by atoms with van der Waals surface area (Å²) in [7, 11) is 5.91. The monoisotopic (exact) mass is 1070 g/mol. The molecule has 0 aliphatic carbocycles. The molecule has 2 unspecified atom stereocenters. The largest absolute Gasteiger partial charge is 0.545 e. The van der Waals surface area contributed by atoms with Crippen LogP contribution in [0, 0.1) is 0 Å². The van der Waals surface area contributed by atoms with Crippen molar-refractivity contribution in [1.82, 2.24) is 0 Å². The lowest BCUT2D eigenvalue weighted by atomic mass is 10.0. The topological polar surface area (TPSA) is 111 Å². The average Bonchev–Trinajstić information content (AvgIpc) is 3.40. The van der Waals surface area contributed by atoms with Gasteiger partial charge < -0.3 is 33.3 Å². The van der Waals surface area contributed by atoms with E-state index in [1.807, 2.05) is 21.1 Å². The van der Waals surface area contributed by atoms with Crippen LogP contribution in [-0.2, 0) is 33.3 Å². The highest BCUT2D eigenvalue weighted by atomic mass is 16.7. The van der Waals surface area contributed by atoms with E-state index in [9.17, 15) is 19.5 Å². The fourth-order valence-electron chi connectivity index (χ4n) is 7.99. The Balaban J connectivity index is 4.12. The van der Waals surface area contributed by atoms with E-state index in [1.165, 1.54) is 77.0 Å². The first-order valence-electron chi connectivity index (χ1n) is 30.7. The number of aliphatic carboxylic acids is 1. The molecule has 0 aromatic carbocycles. The average molecular weight is 1070 g/mol. The number of carbonyl (C=O) groups excluding carboxylic acids is 3. The number of ether oxygens (including phenoxy) is 4. The summed E-state index contributed by atoms with van der Waals surface area (Å²) >= 11 is 0.